The number of ether oxygens (including phenoxy) is 2. The van der Waals surface area contributed by atoms with Crippen LogP contribution >= 0.6 is 0 Å². The number of rotatable bonds is 2. The van der Waals surface area contributed by atoms with Gasteiger partial charge >= 0.3 is 0 Å². The summed E-state index contributed by atoms with van der Waals surface area (Å²) in [5, 5.41) is 2.02. The third kappa shape index (κ3) is 2.49. The van der Waals surface area contributed by atoms with Gasteiger partial charge in [-0.2, -0.15) is 0 Å². The first-order valence-electron chi connectivity index (χ1n) is 7.51. The van der Waals surface area contributed by atoms with Gasteiger partial charge < -0.3 is 9.47 Å². The van der Waals surface area contributed by atoms with E-state index in [4.69, 9.17) is 9.47 Å². The molecule has 0 unspecified atom stereocenters. The van der Waals surface area contributed by atoms with Crippen molar-refractivity contribution in [1.82, 2.24) is 0 Å². The maximum Gasteiger partial charge on any atom is 0.143 e. The summed E-state index contributed by atoms with van der Waals surface area (Å²) in [6, 6.07) is 8.06. The molecule has 0 aromatic heterocycles. The summed E-state index contributed by atoms with van der Waals surface area (Å²) in [6.07, 6.45) is 3.95. The smallest absolute Gasteiger partial charge is 0.143 e. The van der Waals surface area contributed by atoms with Crippen LogP contribution in [0, 0.1) is 23.7 Å². The Hall–Kier alpha value is -2.58. The third-order valence-electron chi connectivity index (χ3n) is 3.81. The summed E-state index contributed by atoms with van der Waals surface area (Å²) in [6.45, 7) is 0. The minimum absolute atomic E-state index is 0.786. The van der Waals surface area contributed by atoms with E-state index in [2.05, 4.69) is 23.7 Å². The summed E-state index contributed by atoms with van der Waals surface area (Å²) in [5.74, 6) is 14.6. The Morgan fingerprint density at radius 1 is 0.773 bits per heavy atom. The number of hydrogen-bond donors (Lipinski definition) is 0. The first-order valence-corrected chi connectivity index (χ1v) is 7.51. The summed E-state index contributed by atoms with van der Waals surface area (Å²) in [4.78, 5) is 0. The highest BCUT2D eigenvalue weighted by Crippen LogP contribution is 2.40. The van der Waals surface area contributed by atoms with Crippen LogP contribution < -0.4 is 9.47 Å². The van der Waals surface area contributed by atoms with Crippen LogP contribution in [0.1, 0.15) is 36.8 Å². The van der Waals surface area contributed by atoms with Gasteiger partial charge in [0.05, 0.1) is 25.3 Å². The number of fused-ring (bicyclic) bond motifs is 2. The molecule has 0 saturated heterocycles. The molecule has 110 valence electrons. The van der Waals surface area contributed by atoms with Crippen LogP contribution in [-0.2, 0) is 0 Å². The van der Waals surface area contributed by atoms with Gasteiger partial charge in [-0.3, -0.25) is 0 Å². The second-order valence-corrected chi connectivity index (χ2v) is 5.17. The van der Waals surface area contributed by atoms with Gasteiger partial charge in [0, 0.05) is 23.6 Å². The van der Waals surface area contributed by atoms with E-state index < -0.39 is 0 Å². The van der Waals surface area contributed by atoms with Gasteiger partial charge in [0.2, 0.25) is 0 Å². The second-order valence-electron chi connectivity index (χ2n) is 5.17. The van der Waals surface area contributed by atoms with Gasteiger partial charge in [-0.1, -0.05) is 47.9 Å². The zero-order chi connectivity index (χ0) is 15.4. The molecule has 0 fully saturated rings. The lowest BCUT2D eigenvalue weighted by Crippen LogP contribution is -1.99. The summed E-state index contributed by atoms with van der Waals surface area (Å²) >= 11 is 0. The molecule has 0 spiro atoms. The van der Waals surface area contributed by atoms with Crippen molar-refractivity contribution in [2.45, 2.75) is 25.7 Å². The van der Waals surface area contributed by atoms with Crippen molar-refractivity contribution in [3.8, 4) is 35.2 Å². The summed E-state index contributed by atoms with van der Waals surface area (Å²) in [5.41, 5.74) is 1.68. The van der Waals surface area contributed by atoms with Gasteiger partial charge in [-0.05, 0) is 12.8 Å². The molecule has 1 aliphatic carbocycles. The van der Waals surface area contributed by atoms with E-state index in [-0.39, 0.29) is 0 Å². The van der Waals surface area contributed by atoms with Gasteiger partial charge in [0.25, 0.3) is 0 Å². The lowest BCUT2D eigenvalue weighted by atomic mass is 9.97. The van der Waals surface area contributed by atoms with Crippen molar-refractivity contribution < 1.29 is 9.47 Å². The van der Waals surface area contributed by atoms with Crippen molar-refractivity contribution in [2.24, 2.45) is 0 Å². The standard InChI is InChI=1S/C20H18O2/c1-21-19-15-11-7-5-3-4-6-8-12-16(15)20(22-2)18-14-10-9-13-17(18)19/h9-10,13-14H,3-6H2,1-2H3. The van der Waals surface area contributed by atoms with Crippen LogP contribution in [0.2, 0.25) is 0 Å². The quantitative estimate of drug-likeness (QED) is 0.774. The summed E-state index contributed by atoms with van der Waals surface area (Å²) < 4.78 is 11.3. The van der Waals surface area contributed by atoms with Gasteiger partial charge in [-0.25, -0.2) is 0 Å². The lowest BCUT2D eigenvalue weighted by molar-refractivity contribution is 0.408. The minimum Gasteiger partial charge on any atom is -0.495 e. The molecule has 2 heteroatoms. The van der Waals surface area contributed by atoms with Crippen LogP contribution in [0.5, 0.6) is 11.5 Å². The fraction of sp³-hybridized carbons (Fsp3) is 0.300. The summed E-state index contributed by atoms with van der Waals surface area (Å²) in [7, 11) is 3.37. The maximum absolute atomic E-state index is 5.67. The van der Waals surface area contributed by atoms with Crippen molar-refractivity contribution >= 4 is 10.8 Å². The molecule has 0 saturated carbocycles. The molecule has 1 aliphatic rings. The molecule has 2 aromatic carbocycles. The highest BCUT2D eigenvalue weighted by Gasteiger charge is 2.18. The predicted molar refractivity (Wildman–Crippen MR) is 89.3 cm³/mol. The molecule has 3 rings (SSSR count). The zero-order valence-corrected chi connectivity index (χ0v) is 13.0. The molecule has 2 nitrogen and oxygen atoms in total. The third-order valence-corrected chi connectivity index (χ3v) is 3.81. The number of methoxy groups -OCH3 is 2. The average molecular weight is 290 g/mol. The Labute approximate surface area is 131 Å². The van der Waals surface area contributed by atoms with E-state index in [1.54, 1.807) is 14.2 Å². The Bertz CT molecular complexity index is 755. The zero-order valence-electron chi connectivity index (χ0n) is 13.0. The SMILES string of the molecule is COc1c2c(c(OC)c3ccccc13)C#CCCCCC#C2. The number of hydrogen-bond acceptors (Lipinski definition) is 2. The van der Waals surface area contributed by atoms with Crippen molar-refractivity contribution in [1.29, 1.82) is 0 Å². The maximum atomic E-state index is 5.67. The molecule has 0 aliphatic heterocycles. The van der Waals surface area contributed by atoms with Crippen LogP contribution in [-0.4, -0.2) is 14.2 Å². The van der Waals surface area contributed by atoms with Crippen LogP contribution in [0.3, 0.4) is 0 Å². The Morgan fingerprint density at radius 3 is 1.64 bits per heavy atom. The molecule has 0 amide bonds. The fourth-order valence-electron chi connectivity index (χ4n) is 2.77. The lowest BCUT2D eigenvalue weighted by Gasteiger charge is -2.15. The number of benzene rings is 2. The Balaban J connectivity index is 2.43. The van der Waals surface area contributed by atoms with E-state index in [1.807, 2.05) is 24.3 Å². The first kappa shape index (κ1) is 14.4. The van der Waals surface area contributed by atoms with Crippen LogP contribution in [0.25, 0.3) is 10.8 Å². The first-order chi connectivity index (χ1) is 10.9. The fourth-order valence-corrected chi connectivity index (χ4v) is 2.77. The van der Waals surface area contributed by atoms with Gasteiger partial charge in [0.1, 0.15) is 11.5 Å². The molecule has 0 N–H and O–H groups in total. The Morgan fingerprint density at radius 2 is 1.23 bits per heavy atom. The van der Waals surface area contributed by atoms with E-state index in [0.717, 1.165) is 59.1 Å². The van der Waals surface area contributed by atoms with Crippen LogP contribution in [0.15, 0.2) is 24.3 Å². The molecular formula is C20H18O2. The molecular weight excluding hydrogens is 272 g/mol. The molecule has 2 aromatic rings. The van der Waals surface area contributed by atoms with Crippen molar-refractivity contribution in [3.63, 3.8) is 0 Å². The van der Waals surface area contributed by atoms with Crippen LogP contribution in [0.4, 0.5) is 0 Å². The van der Waals surface area contributed by atoms with Gasteiger partial charge in [-0.15, -0.1) is 0 Å². The predicted octanol–water partition coefficient (Wildman–Crippen LogP) is 4.13. The molecule has 22 heavy (non-hydrogen) atoms. The van der Waals surface area contributed by atoms with E-state index in [0.29, 0.717) is 0 Å². The molecule has 0 atom stereocenters. The largest absolute Gasteiger partial charge is 0.495 e. The minimum atomic E-state index is 0.786. The second kappa shape index (κ2) is 6.46. The monoisotopic (exact) mass is 290 g/mol. The highest BCUT2D eigenvalue weighted by atomic mass is 16.5. The van der Waals surface area contributed by atoms with Gasteiger partial charge in [0.15, 0.2) is 0 Å². The molecule has 0 heterocycles. The Kier molecular flexibility index (Phi) is 4.22. The van der Waals surface area contributed by atoms with E-state index >= 15 is 0 Å². The van der Waals surface area contributed by atoms with Crippen molar-refractivity contribution in [3.05, 3.63) is 35.4 Å². The van der Waals surface area contributed by atoms with E-state index in [1.165, 1.54) is 0 Å². The normalized spacial score (nSPS) is 13.2. The topological polar surface area (TPSA) is 18.5 Å². The van der Waals surface area contributed by atoms with E-state index in [9.17, 15) is 0 Å². The molecule has 0 bridgehead atoms. The average Bonchev–Trinajstić information content (AvgIpc) is 2.57. The molecule has 0 radical (unpaired) electrons. The highest BCUT2D eigenvalue weighted by molar-refractivity contribution is 5.98. The van der Waals surface area contributed by atoms with Crippen molar-refractivity contribution in [2.75, 3.05) is 14.2 Å².